The second-order valence-corrected chi connectivity index (χ2v) is 4.16. The predicted octanol–water partition coefficient (Wildman–Crippen LogP) is 1.49. The molecule has 5 heteroatoms. The standard InChI is InChI=1S/C13H15N3O2/c1-14-13(10-7-15-16-8-10)9-2-3-11-12(6-9)18-5-4-17-11/h2-3,6-8,13-14H,4-5H2,1H3,(H,15,16). The second-order valence-electron chi connectivity index (χ2n) is 4.16. The van der Waals surface area contributed by atoms with E-state index in [1.165, 1.54) is 0 Å². The number of H-pyrrole nitrogens is 1. The molecule has 0 fully saturated rings. The van der Waals surface area contributed by atoms with E-state index >= 15 is 0 Å². The van der Waals surface area contributed by atoms with Crippen molar-refractivity contribution in [2.75, 3.05) is 20.3 Å². The van der Waals surface area contributed by atoms with E-state index in [0.717, 1.165) is 22.6 Å². The number of hydrogen-bond donors (Lipinski definition) is 2. The molecule has 2 heterocycles. The van der Waals surface area contributed by atoms with E-state index in [2.05, 4.69) is 15.5 Å². The Labute approximate surface area is 105 Å². The number of ether oxygens (including phenoxy) is 2. The van der Waals surface area contributed by atoms with E-state index in [0.29, 0.717) is 13.2 Å². The van der Waals surface area contributed by atoms with Gasteiger partial charge < -0.3 is 14.8 Å². The topological polar surface area (TPSA) is 59.2 Å². The van der Waals surface area contributed by atoms with E-state index in [4.69, 9.17) is 9.47 Å². The Balaban J connectivity index is 1.95. The average Bonchev–Trinajstić information content (AvgIpc) is 2.93. The molecule has 18 heavy (non-hydrogen) atoms. The van der Waals surface area contributed by atoms with Gasteiger partial charge in [-0.15, -0.1) is 0 Å². The van der Waals surface area contributed by atoms with Crippen LogP contribution in [-0.2, 0) is 0 Å². The maximum atomic E-state index is 5.60. The molecule has 1 atom stereocenters. The van der Waals surface area contributed by atoms with Crippen LogP contribution in [0.5, 0.6) is 11.5 Å². The third kappa shape index (κ3) is 1.93. The van der Waals surface area contributed by atoms with Crippen LogP contribution in [0.25, 0.3) is 0 Å². The number of nitrogens with zero attached hydrogens (tertiary/aromatic N) is 1. The van der Waals surface area contributed by atoms with Gasteiger partial charge in [0.1, 0.15) is 13.2 Å². The van der Waals surface area contributed by atoms with Crippen LogP contribution >= 0.6 is 0 Å². The Kier molecular flexibility index (Phi) is 2.90. The quantitative estimate of drug-likeness (QED) is 0.860. The fourth-order valence-corrected chi connectivity index (χ4v) is 2.18. The molecule has 3 rings (SSSR count). The fourth-order valence-electron chi connectivity index (χ4n) is 2.18. The van der Waals surface area contributed by atoms with E-state index < -0.39 is 0 Å². The van der Waals surface area contributed by atoms with Gasteiger partial charge in [0.05, 0.1) is 12.2 Å². The van der Waals surface area contributed by atoms with Crippen LogP contribution in [0, 0.1) is 0 Å². The summed E-state index contributed by atoms with van der Waals surface area (Å²) in [5, 5.41) is 10.1. The Morgan fingerprint density at radius 2 is 2.06 bits per heavy atom. The molecule has 0 saturated carbocycles. The van der Waals surface area contributed by atoms with Crippen molar-refractivity contribution in [1.29, 1.82) is 0 Å². The number of hydrogen-bond acceptors (Lipinski definition) is 4. The molecule has 2 N–H and O–H groups in total. The smallest absolute Gasteiger partial charge is 0.161 e. The molecule has 1 aromatic heterocycles. The fraction of sp³-hybridized carbons (Fsp3) is 0.308. The van der Waals surface area contributed by atoms with Gasteiger partial charge in [-0.25, -0.2) is 0 Å². The lowest BCUT2D eigenvalue weighted by Gasteiger charge is -2.21. The highest BCUT2D eigenvalue weighted by atomic mass is 16.6. The molecule has 0 spiro atoms. The van der Waals surface area contributed by atoms with Gasteiger partial charge in [0.15, 0.2) is 11.5 Å². The first kappa shape index (κ1) is 11.1. The minimum absolute atomic E-state index is 0.0968. The number of aromatic nitrogens is 2. The minimum Gasteiger partial charge on any atom is -0.486 e. The summed E-state index contributed by atoms with van der Waals surface area (Å²) in [7, 11) is 1.93. The lowest BCUT2D eigenvalue weighted by molar-refractivity contribution is 0.171. The third-order valence-electron chi connectivity index (χ3n) is 3.04. The summed E-state index contributed by atoms with van der Waals surface area (Å²) in [4.78, 5) is 0. The maximum Gasteiger partial charge on any atom is 0.161 e. The Morgan fingerprint density at radius 3 is 2.78 bits per heavy atom. The van der Waals surface area contributed by atoms with Gasteiger partial charge in [0.2, 0.25) is 0 Å². The molecule has 1 unspecified atom stereocenters. The molecule has 94 valence electrons. The molecular weight excluding hydrogens is 230 g/mol. The van der Waals surface area contributed by atoms with Gasteiger partial charge >= 0.3 is 0 Å². The SMILES string of the molecule is CNC(c1cn[nH]c1)c1ccc2c(c1)OCCO2. The van der Waals surface area contributed by atoms with Crippen LogP contribution in [0.4, 0.5) is 0 Å². The van der Waals surface area contributed by atoms with Crippen LogP contribution in [0.3, 0.4) is 0 Å². The molecule has 5 nitrogen and oxygen atoms in total. The summed E-state index contributed by atoms with van der Waals surface area (Å²) >= 11 is 0. The number of nitrogens with one attached hydrogen (secondary N) is 2. The Bertz CT molecular complexity index is 525. The number of aromatic amines is 1. The van der Waals surface area contributed by atoms with Crippen molar-refractivity contribution in [3.63, 3.8) is 0 Å². The van der Waals surface area contributed by atoms with E-state index in [9.17, 15) is 0 Å². The summed E-state index contributed by atoms with van der Waals surface area (Å²) in [6, 6.07) is 6.11. The van der Waals surface area contributed by atoms with Gasteiger partial charge in [0.25, 0.3) is 0 Å². The molecule has 2 aromatic rings. The van der Waals surface area contributed by atoms with Crippen molar-refractivity contribution in [1.82, 2.24) is 15.5 Å². The molecular formula is C13H15N3O2. The molecule has 0 amide bonds. The molecule has 0 aliphatic carbocycles. The maximum absolute atomic E-state index is 5.60. The Hall–Kier alpha value is -2.01. The third-order valence-corrected chi connectivity index (χ3v) is 3.04. The van der Waals surface area contributed by atoms with Crippen LogP contribution in [0.15, 0.2) is 30.6 Å². The highest BCUT2D eigenvalue weighted by molar-refractivity contribution is 5.46. The number of rotatable bonds is 3. The molecule has 1 aliphatic rings. The van der Waals surface area contributed by atoms with Crippen molar-refractivity contribution in [2.24, 2.45) is 0 Å². The van der Waals surface area contributed by atoms with Crippen molar-refractivity contribution < 1.29 is 9.47 Å². The van der Waals surface area contributed by atoms with Gasteiger partial charge in [-0.2, -0.15) is 5.10 Å². The van der Waals surface area contributed by atoms with Gasteiger partial charge in [0, 0.05) is 11.8 Å². The van der Waals surface area contributed by atoms with Crippen molar-refractivity contribution >= 4 is 0 Å². The van der Waals surface area contributed by atoms with Gasteiger partial charge in [-0.05, 0) is 24.7 Å². The first-order valence-electron chi connectivity index (χ1n) is 5.94. The normalized spacial score (nSPS) is 15.4. The highest BCUT2D eigenvalue weighted by Gasteiger charge is 2.17. The van der Waals surface area contributed by atoms with Gasteiger partial charge in [-0.1, -0.05) is 6.07 Å². The molecule has 0 bridgehead atoms. The predicted molar refractivity (Wildman–Crippen MR) is 66.9 cm³/mol. The van der Waals surface area contributed by atoms with E-state index in [1.807, 2.05) is 37.6 Å². The zero-order valence-electron chi connectivity index (χ0n) is 10.1. The van der Waals surface area contributed by atoms with E-state index in [-0.39, 0.29) is 6.04 Å². The number of benzene rings is 1. The monoisotopic (exact) mass is 245 g/mol. The average molecular weight is 245 g/mol. The molecule has 1 aliphatic heterocycles. The molecule has 0 saturated heterocycles. The summed E-state index contributed by atoms with van der Waals surface area (Å²) in [6.45, 7) is 1.22. The van der Waals surface area contributed by atoms with Crippen molar-refractivity contribution in [3.05, 3.63) is 41.7 Å². The van der Waals surface area contributed by atoms with Crippen molar-refractivity contribution in [2.45, 2.75) is 6.04 Å². The molecule has 0 radical (unpaired) electrons. The Morgan fingerprint density at radius 1 is 1.22 bits per heavy atom. The largest absolute Gasteiger partial charge is 0.486 e. The first-order valence-corrected chi connectivity index (χ1v) is 5.94. The zero-order chi connectivity index (χ0) is 12.4. The summed E-state index contributed by atoms with van der Waals surface area (Å²) < 4.78 is 11.1. The highest BCUT2D eigenvalue weighted by Crippen LogP contribution is 2.33. The number of fused-ring (bicyclic) bond motifs is 1. The van der Waals surface area contributed by atoms with Gasteiger partial charge in [-0.3, -0.25) is 5.10 Å². The van der Waals surface area contributed by atoms with E-state index in [1.54, 1.807) is 0 Å². The second kappa shape index (κ2) is 4.70. The lowest BCUT2D eigenvalue weighted by atomic mass is 10.0. The zero-order valence-corrected chi connectivity index (χ0v) is 10.1. The summed E-state index contributed by atoms with van der Waals surface area (Å²) in [5.41, 5.74) is 2.22. The van der Waals surface area contributed by atoms with Crippen LogP contribution in [0.2, 0.25) is 0 Å². The summed E-state index contributed by atoms with van der Waals surface area (Å²) in [5.74, 6) is 1.62. The van der Waals surface area contributed by atoms with Crippen LogP contribution in [-0.4, -0.2) is 30.5 Å². The lowest BCUT2D eigenvalue weighted by Crippen LogP contribution is -2.19. The van der Waals surface area contributed by atoms with Crippen molar-refractivity contribution in [3.8, 4) is 11.5 Å². The first-order chi connectivity index (χ1) is 8.88. The summed E-state index contributed by atoms with van der Waals surface area (Å²) in [6.07, 6.45) is 3.70. The molecule has 1 aromatic carbocycles. The minimum atomic E-state index is 0.0968. The van der Waals surface area contributed by atoms with Crippen LogP contribution < -0.4 is 14.8 Å². The van der Waals surface area contributed by atoms with Crippen LogP contribution in [0.1, 0.15) is 17.2 Å².